The van der Waals surface area contributed by atoms with Crippen molar-refractivity contribution >= 4 is 15.9 Å². The van der Waals surface area contributed by atoms with E-state index in [1.165, 1.54) is 28.6 Å². The normalized spacial score (nSPS) is 16.5. The Morgan fingerprint density at radius 2 is 1.81 bits per heavy atom. The number of likely N-dealkylation sites (N-methyl/N-ethyl adjacent to an activating group) is 1. The molecular formula is C18H23N3O4S. The SMILES string of the molecule is CCN1CCN(S(=O)(=O)c2ccc(C(=O)NCc3ccco3)cc2)CC1. The van der Waals surface area contributed by atoms with Gasteiger partial charge in [0.25, 0.3) is 5.91 Å². The molecule has 3 rings (SSSR count). The largest absolute Gasteiger partial charge is 0.467 e. The van der Waals surface area contributed by atoms with Crippen LogP contribution in [-0.2, 0) is 16.6 Å². The summed E-state index contributed by atoms with van der Waals surface area (Å²) in [5.41, 5.74) is 0.409. The number of sulfonamides is 1. The predicted octanol–water partition coefficient (Wildman–Crippen LogP) is 1.54. The fourth-order valence-corrected chi connectivity index (χ4v) is 4.32. The molecule has 1 amide bonds. The molecule has 2 heterocycles. The van der Waals surface area contributed by atoms with Gasteiger partial charge in [-0.15, -0.1) is 0 Å². The molecule has 1 saturated heterocycles. The fraction of sp³-hybridized carbons (Fsp3) is 0.389. The second-order valence-electron chi connectivity index (χ2n) is 6.12. The van der Waals surface area contributed by atoms with Gasteiger partial charge < -0.3 is 14.6 Å². The van der Waals surface area contributed by atoms with Crippen molar-refractivity contribution in [3.63, 3.8) is 0 Å². The first-order valence-electron chi connectivity index (χ1n) is 8.64. The number of piperazine rings is 1. The van der Waals surface area contributed by atoms with Gasteiger partial charge in [-0.2, -0.15) is 4.31 Å². The lowest BCUT2D eigenvalue weighted by atomic mass is 10.2. The fourth-order valence-electron chi connectivity index (χ4n) is 2.90. The summed E-state index contributed by atoms with van der Waals surface area (Å²) in [6.07, 6.45) is 1.54. The van der Waals surface area contributed by atoms with Crippen LogP contribution in [0.5, 0.6) is 0 Å². The number of carbonyl (C=O) groups excluding carboxylic acids is 1. The van der Waals surface area contributed by atoms with Gasteiger partial charge in [0, 0.05) is 31.7 Å². The predicted molar refractivity (Wildman–Crippen MR) is 97.2 cm³/mol. The summed E-state index contributed by atoms with van der Waals surface area (Å²) >= 11 is 0. The molecule has 7 nitrogen and oxygen atoms in total. The Morgan fingerprint density at radius 1 is 1.12 bits per heavy atom. The molecule has 26 heavy (non-hydrogen) atoms. The third-order valence-electron chi connectivity index (χ3n) is 4.54. The van der Waals surface area contributed by atoms with Crippen molar-refractivity contribution in [2.45, 2.75) is 18.4 Å². The van der Waals surface area contributed by atoms with Crippen LogP contribution in [0.4, 0.5) is 0 Å². The second-order valence-corrected chi connectivity index (χ2v) is 8.06. The Labute approximate surface area is 153 Å². The average Bonchev–Trinajstić information content (AvgIpc) is 3.20. The number of benzene rings is 1. The van der Waals surface area contributed by atoms with Crippen LogP contribution in [0.3, 0.4) is 0 Å². The summed E-state index contributed by atoms with van der Waals surface area (Å²) in [7, 11) is -3.52. The van der Waals surface area contributed by atoms with Gasteiger partial charge in [0.15, 0.2) is 0 Å². The summed E-state index contributed by atoms with van der Waals surface area (Å²) in [4.78, 5) is 14.6. The average molecular weight is 377 g/mol. The van der Waals surface area contributed by atoms with E-state index in [1.807, 2.05) is 0 Å². The Morgan fingerprint density at radius 3 is 2.38 bits per heavy atom. The number of nitrogens with one attached hydrogen (secondary N) is 1. The summed E-state index contributed by atoms with van der Waals surface area (Å²) in [6.45, 7) is 5.73. The number of nitrogens with zero attached hydrogens (tertiary/aromatic N) is 2. The minimum absolute atomic E-state index is 0.213. The number of amides is 1. The van der Waals surface area contributed by atoms with Crippen LogP contribution in [0, 0.1) is 0 Å². The van der Waals surface area contributed by atoms with E-state index in [4.69, 9.17) is 4.42 Å². The van der Waals surface area contributed by atoms with Crippen molar-refractivity contribution in [2.24, 2.45) is 0 Å². The smallest absolute Gasteiger partial charge is 0.251 e. The van der Waals surface area contributed by atoms with Crippen molar-refractivity contribution in [1.82, 2.24) is 14.5 Å². The number of hydrogen-bond donors (Lipinski definition) is 1. The van der Waals surface area contributed by atoms with Crippen LogP contribution in [0.15, 0.2) is 52.0 Å². The lowest BCUT2D eigenvalue weighted by Gasteiger charge is -2.33. The Kier molecular flexibility index (Phi) is 5.75. The molecule has 0 saturated carbocycles. The molecule has 0 spiro atoms. The lowest BCUT2D eigenvalue weighted by Crippen LogP contribution is -2.48. The first-order chi connectivity index (χ1) is 12.5. The Balaban J connectivity index is 1.63. The Hall–Kier alpha value is -2.16. The number of furan rings is 1. The van der Waals surface area contributed by atoms with Gasteiger partial charge in [-0.05, 0) is 42.9 Å². The molecule has 0 bridgehead atoms. The standard InChI is InChI=1S/C18H23N3O4S/c1-2-20-9-11-21(12-10-20)26(23,24)17-7-5-15(6-8-17)18(22)19-14-16-4-3-13-25-16/h3-8,13H,2,9-12,14H2,1H3,(H,19,22). The van der Waals surface area contributed by atoms with Crippen LogP contribution in [0.1, 0.15) is 23.0 Å². The molecule has 0 unspecified atom stereocenters. The van der Waals surface area contributed by atoms with Crippen molar-refractivity contribution in [2.75, 3.05) is 32.7 Å². The van der Waals surface area contributed by atoms with Crippen LogP contribution < -0.4 is 5.32 Å². The first kappa shape index (κ1) is 18.6. The number of carbonyl (C=O) groups is 1. The summed E-state index contributed by atoms with van der Waals surface area (Å²) in [5, 5.41) is 2.74. The maximum atomic E-state index is 12.7. The second kappa shape index (κ2) is 8.03. The molecule has 8 heteroatoms. The van der Waals surface area contributed by atoms with Crippen molar-refractivity contribution in [3.8, 4) is 0 Å². The van der Waals surface area contributed by atoms with Gasteiger partial charge in [-0.3, -0.25) is 4.79 Å². The molecule has 1 fully saturated rings. The number of rotatable bonds is 6. The lowest BCUT2D eigenvalue weighted by molar-refractivity contribution is 0.0948. The van der Waals surface area contributed by atoms with E-state index in [-0.39, 0.29) is 17.3 Å². The topological polar surface area (TPSA) is 82.9 Å². The summed E-state index contributed by atoms with van der Waals surface area (Å²) in [5.74, 6) is 0.380. The molecule has 140 valence electrons. The van der Waals surface area contributed by atoms with Crippen LogP contribution >= 0.6 is 0 Å². The molecule has 1 aliphatic heterocycles. The van der Waals surface area contributed by atoms with E-state index in [1.54, 1.807) is 18.4 Å². The molecular weight excluding hydrogens is 354 g/mol. The minimum atomic E-state index is -3.52. The molecule has 1 aromatic heterocycles. The molecule has 0 atom stereocenters. The zero-order valence-corrected chi connectivity index (χ0v) is 15.5. The molecule has 0 aliphatic carbocycles. The van der Waals surface area contributed by atoms with Gasteiger partial charge in [0.1, 0.15) is 5.76 Å². The zero-order chi connectivity index (χ0) is 18.6. The zero-order valence-electron chi connectivity index (χ0n) is 14.7. The highest BCUT2D eigenvalue weighted by atomic mass is 32.2. The first-order valence-corrected chi connectivity index (χ1v) is 10.1. The van der Waals surface area contributed by atoms with Gasteiger partial charge >= 0.3 is 0 Å². The van der Waals surface area contributed by atoms with E-state index in [2.05, 4.69) is 17.1 Å². The Bertz CT molecular complexity index is 824. The summed E-state index contributed by atoms with van der Waals surface area (Å²) < 4.78 is 32.1. The molecule has 1 N–H and O–H groups in total. The van der Waals surface area contributed by atoms with Crippen LogP contribution in [0.2, 0.25) is 0 Å². The van der Waals surface area contributed by atoms with Crippen molar-refractivity contribution < 1.29 is 17.6 Å². The third-order valence-corrected chi connectivity index (χ3v) is 6.45. The molecule has 2 aromatic rings. The highest BCUT2D eigenvalue weighted by molar-refractivity contribution is 7.89. The van der Waals surface area contributed by atoms with Gasteiger partial charge in [-0.25, -0.2) is 8.42 Å². The molecule has 1 aromatic carbocycles. The van der Waals surface area contributed by atoms with E-state index in [9.17, 15) is 13.2 Å². The maximum absolute atomic E-state index is 12.7. The van der Waals surface area contributed by atoms with Crippen molar-refractivity contribution in [1.29, 1.82) is 0 Å². The third kappa shape index (κ3) is 4.14. The van der Waals surface area contributed by atoms with Gasteiger partial charge in [0.2, 0.25) is 10.0 Å². The molecule has 1 aliphatic rings. The highest BCUT2D eigenvalue weighted by Gasteiger charge is 2.28. The highest BCUT2D eigenvalue weighted by Crippen LogP contribution is 2.18. The quantitative estimate of drug-likeness (QED) is 0.826. The number of hydrogen-bond acceptors (Lipinski definition) is 5. The van der Waals surface area contributed by atoms with Crippen molar-refractivity contribution in [3.05, 3.63) is 54.0 Å². The monoisotopic (exact) mass is 377 g/mol. The maximum Gasteiger partial charge on any atom is 0.251 e. The van der Waals surface area contributed by atoms with Crippen LogP contribution in [-0.4, -0.2) is 56.3 Å². The van der Waals surface area contributed by atoms with E-state index >= 15 is 0 Å². The minimum Gasteiger partial charge on any atom is -0.467 e. The van der Waals surface area contributed by atoms with E-state index in [0.717, 1.165) is 19.6 Å². The van der Waals surface area contributed by atoms with Crippen LogP contribution in [0.25, 0.3) is 0 Å². The van der Waals surface area contributed by atoms with Gasteiger partial charge in [-0.1, -0.05) is 6.92 Å². The summed E-state index contributed by atoms with van der Waals surface area (Å²) in [6, 6.07) is 9.57. The molecule has 0 radical (unpaired) electrons. The van der Waals surface area contributed by atoms with Gasteiger partial charge in [0.05, 0.1) is 17.7 Å². The van der Waals surface area contributed by atoms with E-state index < -0.39 is 10.0 Å². The van der Waals surface area contributed by atoms with E-state index in [0.29, 0.717) is 24.4 Å².